The highest BCUT2D eigenvalue weighted by Crippen LogP contribution is 2.32. The lowest BCUT2D eigenvalue weighted by Gasteiger charge is -2.28. The smallest absolute Gasteiger partial charge is 0.425 e. The number of hydrogen-bond donors (Lipinski definition) is 2. The Bertz CT molecular complexity index is 1440. The van der Waals surface area contributed by atoms with Gasteiger partial charge in [-0.3, -0.25) is 0 Å². The molecule has 0 unspecified atom stereocenters. The summed E-state index contributed by atoms with van der Waals surface area (Å²) in [6.07, 6.45) is -2.34. The van der Waals surface area contributed by atoms with Crippen LogP contribution in [0.15, 0.2) is 24.4 Å². The quantitative estimate of drug-likeness (QED) is 0.463. The molecule has 0 saturated heterocycles. The van der Waals surface area contributed by atoms with Crippen molar-refractivity contribution in [3.63, 3.8) is 0 Å². The Morgan fingerprint density at radius 2 is 1.66 bits per heavy atom. The molecule has 12 heteroatoms. The van der Waals surface area contributed by atoms with Crippen LogP contribution in [0, 0.1) is 18.8 Å². The fraction of sp³-hybridized carbons (Fsp3) is 0.385. The van der Waals surface area contributed by atoms with Crippen molar-refractivity contribution in [3.05, 3.63) is 35.7 Å². The normalized spacial score (nSPS) is 11.5. The molecule has 3 N–H and O–H groups in total. The van der Waals surface area contributed by atoms with Gasteiger partial charge in [-0.1, -0.05) is 12.0 Å². The van der Waals surface area contributed by atoms with E-state index in [-0.39, 0.29) is 35.1 Å². The van der Waals surface area contributed by atoms with Crippen LogP contribution in [-0.4, -0.2) is 60.7 Å². The van der Waals surface area contributed by atoms with E-state index in [2.05, 4.69) is 26.8 Å². The molecule has 3 rings (SSSR count). The van der Waals surface area contributed by atoms with Crippen LogP contribution in [0.1, 0.15) is 52.8 Å². The van der Waals surface area contributed by atoms with Crippen LogP contribution in [0.5, 0.6) is 0 Å². The molecule has 12 nitrogen and oxygen atoms in total. The number of fused-ring (bicyclic) bond motifs is 1. The number of carboxylic acid groups (broad SMARTS) is 1. The number of hydrogen-bond acceptors (Lipinski definition) is 9. The Labute approximate surface area is 219 Å². The van der Waals surface area contributed by atoms with Crippen LogP contribution in [0.4, 0.5) is 20.2 Å². The summed E-state index contributed by atoms with van der Waals surface area (Å²) in [5.74, 6) is 4.84. The van der Waals surface area contributed by atoms with Gasteiger partial charge in [0.15, 0.2) is 17.3 Å². The highest BCUT2D eigenvalue weighted by molar-refractivity contribution is 6.11. The first-order chi connectivity index (χ1) is 17.6. The van der Waals surface area contributed by atoms with Crippen molar-refractivity contribution >= 4 is 35.1 Å². The zero-order valence-corrected chi connectivity index (χ0v) is 22.3. The summed E-state index contributed by atoms with van der Waals surface area (Å²) in [5, 5.41) is 10.1. The lowest BCUT2D eigenvalue weighted by atomic mass is 10.2. The van der Waals surface area contributed by atoms with Gasteiger partial charge in [0.05, 0.1) is 23.8 Å². The zero-order chi connectivity index (χ0) is 28.4. The number of anilines is 1. The SMILES string of the molecule is Cc1ccc2nc(-c3nc(C#CCN)cnc3N(C(=O)OC(C)(C)C)C(=O)OC(C)(C)C)n(C(=O)O)c2c1. The fourth-order valence-corrected chi connectivity index (χ4v) is 3.30. The van der Waals surface area contributed by atoms with Gasteiger partial charge in [-0.2, -0.15) is 4.90 Å². The third-order valence-corrected chi connectivity index (χ3v) is 4.65. The molecule has 200 valence electrons. The van der Waals surface area contributed by atoms with Crippen LogP contribution in [0.25, 0.3) is 22.6 Å². The molecule has 3 aromatic rings. The molecule has 2 heterocycles. The number of amides is 2. The van der Waals surface area contributed by atoms with E-state index in [1.54, 1.807) is 66.7 Å². The minimum absolute atomic E-state index is 0.0353. The molecule has 0 radical (unpaired) electrons. The Morgan fingerprint density at radius 1 is 1.05 bits per heavy atom. The average molecular weight is 523 g/mol. The van der Waals surface area contributed by atoms with Crippen LogP contribution >= 0.6 is 0 Å². The third kappa shape index (κ3) is 6.43. The van der Waals surface area contributed by atoms with Crippen molar-refractivity contribution in [2.45, 2.75) is 59.7 Å². The zero-order valence-electron chi connectivity index (χ0n) is 22.3. The van der Waals surface area contributed by atoms with Gasteiger partial charge in [0.1, 0.15) is 16.9 Å². The second-order valence-corrected chi connectivity index (χ2v) is 10.3. The van der Waals surface area contributed by atoms with Crippen molar-refractivity contribution in [2.75, 3.05) is 11.4 Å². The van der Waals surface area contributed by atoms with Crippen LogP contribution < -0.4 is 10.6 Å². The number of nitrogens with two attached hydrogens (primary N) is 1. The fourth-order valence-electron chi connectivity index (χ4n) is 3.30. The Balaban J connectivity index is 2.38. The summed E-state index contributed by atoms with van der Waals surface area (Å²) in [6.45, 7) is 11.6. The van der Waals surface area contributed by atoms with E-state index in [4.69, 9.17) is 15.2 Å². The van der Waals surface area contributed by atoms with Gasteiger partial charge in [0.25, 0.3) is 0 Å². The molecule has 2 aromatic heterocycles. The van der Waals surface area contributed by atoms with E-state index in [0.717, 1.165) is 10.1 Å². The maximum Gasteiger partial charge on any atom is 0.425 e. The maximum absolute atomic E-state index is 13.3. The molecule has 0 atom stereocenters. The van der Waals surface area contributed by atoms with Gasteiger partial charge >= 0.3 is 18.3 Å². The largest absolute Gasteiger partial charge is 0.464 e. The number of imide groups is 1. The Kier molecular flexibility index (Phi) is 7.74. The molecular weight excluding hydrogens is 492 g/mol. The van der Waals surface area contributed by atoms with Crippen LogP contribution in [-0.2, 0) is 9.47 Å². The van der Waals surface area contributed by atoms with Gasteiger partial charge < -0.3 is 20.3 Å². The van der Waals surface area contributed by atoms with Crippen molar-refractivity contribution in [2.24, 2.45) is 5.73 Å². The minimum Gasteiger partial charge on any atom is -0.464 e. The first-order valence-corrected chi connectivity index (χ1v) is 11.7. The van der Waals surface area contributed by atoms with E-state index in [1.807, 2.05) is 0 Å². The predicted molar refractivity (Wildman–Crippen MR) is 140 cm³/mol. The highest BCUT2D eigenvalue weighted by atomic mass is 16.6. The summed E-state index contributed by atoms with van der Waals surface area (Å²) in [5.41, 5.74) is 4.84. The number of imidazole rings is 1. The molecule has 38 heavy (non-hydrogen) atoms. The standard InChI is InChI=1S/C26H30N6O6/c1-15-10-11-17-18(13-15)31(22(33)34)21(30-17)19-20(28-14-16(29-19)9-8-12-27)32(23(35)37-25(2,3)4)24(36)38-26(5,6)7/h10-11,13-14H,12,27H2,1-7H3,(H,33,34). The number of rotatable bonds is 2. The molecule has 0 aliphatic carbocycles. The number of nitrogens with zero attached hydrogens (tertiary/aromatic N) is 5. The van der Waals surface area contributed by atoms with E-state index < -0.39 is 29.5 Å². The number of carbonyl (C=O) groups is 3. The van der Waals surface area contributed by atoms with Crippen molar-refractivity contribution < 1.29 is 29.0 Å². The number of benzene rings is 1. The maximum atomic E-state index is 13.3. The number of ether oxygens (including phenoxy) is 2. The van der Waals surface area contributed by atoms with Crippen LogP contribution in [0.2, 0.25) is 0 Å². The minimum atomic E-state index is -1.36. The molecule has 0 aliphatic heterocycles. The highest BCUT2D eigenvalue weighted by Gasteiger charge is 2.37. The third-order valence-electron chi connectivity index (χ3n) is 4.65. The lowest BCUT2D eigenvalue weighted by Crippen LogP contribution is -2.44. The molecule has 0 bridgehead atoms. The van der Waals surface area contributed by atoms with Crippen molar-refractivity contribution in [1.29, 1.82) is 0 Å². The number of carbonyl (C=O) groups excluding carboxylic acids is 2. The first-order valence-electron chi connectivity index (χ1n) is 11.7. The van der Waals surface area contributed by atoms with Gasteiger partial charge in [-0.15, -0.1) is 0 Å². The number of aromatic nitrogens is 4. The van der Waals surface area contributed by atoms with Gasteiger partial charge in [0.2, 0.25) is 0 Å². The molecule has 0 saturated carbocycles. The summed E-state index contributed by atoms with van der Waals surface area (Å²) < 4.78 is 11.8. The molecule has 0 fully saturated rings. The second-order valence-electron chi connectivity index (χ2n) is 10.3. The lowest BCUT2D eigenvalue weighted by molar-refractivity contribution is 0.0429. The van der Waals surface area contributed by atoms with E-state index in [0.29, 0.717) is 10.4 Å². The predicted octanol–water partition coefficient (Wildman–Crippen LogP) is 4.31. The Morgan fingerprint density at radius 3 is 2.18 bits per heavy atom. The number of aryl methyl sites for hydroxylation is 1. The summed E-state index contributed by atoms with van der Waals surface area (Å²) in [6, 6.07) is 5.07. The van der Waals surface area contributed by atoms with Crippen molar-refractivity contribution in [3.8, 4) is 23.4 Å². The van der Waals surface area contributed by atoms with E-state index in [1.165, 1.54) is 6.20 Å². The molecule has 0 spiro atoms. The van der Waals surface area contributed by atoms with E-state index in [9.17, 15) is 19.5 Å². The van der Waals surface area contributed by atoms with Crippen LogP contribution in [0.3, 0.4) is 0 Å². The van der Waals surface area contributed by atoms with Gasteiger partial charge in [-0.05, 0) is 72.1 Å². The van der Waals surface area contributed by atoms with E-state index >= 15 is 0 Å². The first kappa shape index (κ1) is 28.1. The molecule has 2 amide bonds. The second kappa shape index (κ2) is 10.5. The monoisotopic (exact) mass is 522 g/mol. The van der Waals surface area contributed by atoms with Gasteiger partial charge in [0, 0.05) is 0 Å². The topological polar surface area (TPSA) is 163 Å². The van der Waals surface area contributed by atoms with Gasteiger partial charge in [-0.25, -0.2) is 33.9 Å². The molecular formula is C26H30N6O6. The average Bonchev–Trinajstić information content (AvgIpc) is 3.14. The summed E-state index contributed by atoms with van der Waals surface area (Å²) in [7, 11) is 0. The molecule has 1 aromatic carbocycles. The summed E-state index contributed by atoms with van der Waals surface area (Å²) in [4.78, 5) is 52.7. The molecule has 0 aliphatic rings. The van der Waals surface area contributed by atoms with Crippen molar-refractivity contribution in [1.82, 2.24) is 19.5 Å². The summed E-state index contributed by atoms with van der Waals surface area (Å²) >= 11 is 0. The Hall–Kier alpha value is -4.50.